The summed E-state index contributed by atoms with van der Waals surface area (Å²) in [6.45, 7) is 0. The molecule has 0 radical (unpaired) electrons. The van der Waals surface area contributed by atoms with E-state index in [0.717, 1.165) is 11.8 Å². The van der Waals surface area contributed by atoms with Gasteiger partial charge in [-0.3, -0.25) is 4.79 Å². The van der Waals surface area contributed by atoms with Gasteiger partial charge in [0, 0.05) is 34.1 Å². The van der Waals surface area contributed by atoms with Crippen LogP contribution in [0.25, 0.3) is 0 Å². The molecule has 0 heterocycles. The van der Waals surface area contributed by atoms with Gasteiger partial charge in [0.15, 0.2) is 10.2 Å². The summed E-state index contributed by atoms with van der Waals surface area (Å²) in [5.41, 5.74) is 8.83. The summed E-state index contributed by atoms with van der Waals surface area (Å²) in [6.07, 6.45) is -9.54. The lowest BCUT2D eigenvalue weighted by molar-refractivity contribution is -0.275. The summed E-state index contributed by atoms with van der Waals surface area (Å²) in [7, 11) is 0. The molecule has 0 bridgehead atoms. The Kier molecular flexibility index (Phi) is 14.6. The number of ether oxygens (including phenoxy) is 2. The lowest BCUT2D eigenvalue weighted by Gasteiger charge is -2.14. The van der Waals surface area contributed by atoms with Gasteiger partial charge in [0.1, 0.15) is 17.3 Å². The molecule has 1 amide bonds. The number of hydrogen-bond donors (Lipinski definition) is 6. The second-order valence-corrected chi connectivity index (χ2v) is 13.2. The average Bonchev–Trinajstić information content (AvgIpc) is 3.08. The van der Waals surface area contributed by atoms with Crippen LogP contribution in [0.15, 0.2) is 118 Å². The average molecular weight is 935 g/mol. The number of nitrogens with two attached hydrogens (primary N) is 1. The standard InChI is InChI=1S/C21H14BrF4N3O2S.C14H11BrF3N3OS/c22-16-11-14(9-10-18(16)31-21(24,25)26)29-20(32)28-13-7-5-12(6-8-13)27-19(30)15-3-1-2-4-17(15)23;15-11-7-10(5-6-12(11)22-14(16,17)18)21-13(23)20-9-3-1-8(19)2-4-9/h1-11H,(H,27,30)(H2,28,29,32);1-7H,19H2,(H2,20,21,23). The van der Waals surface area contributed by atoms with Crippen molar-refractivity contribution in [3.05, 3.63) is 130 Å². The molecule has 55 heavy (non-hydrogen) atoms. The van der Waals surface area contributed by atoms with Crippen LogP contribution in [0.4, 0.5) is 64.9 Å². The molecule has 0 aliphatic carbocycles. The van der Waals surface area contributed by atoms with Gasteiger partial charge in [-0.2, -0.15) is 0 Å². The van der Waals surface area contributed by atoms with E-state index in [9.17, 15) is 35.5 Å². The molecule has 0 unspecified atom stereocenters. The summed E-state index contributed by atoms with van der Waals surface area (Å²) in [6, 6.07) is 27.0. The predicted octanol–water partition coefficient (Wildman–Crippen LogP) is 11.3. The molecule has 20 heteroatoms. The molecular formula is C35H25Br2F7N6O3S2. The van der Waals surface area contributed by atoms with Crippen molar-refractivity contribution in [3.8, 4) is 11.5 Å². The molecule has 0 aliphatic rings. The van der Waals surface area contributed by atoms with Crippen LogP contribution in [-0.2, 0) is 0 Å². The van der Waals surface area contributed by atoms with Crippen LogP contribution in [0.1, 0.15) is 10.4 Å². The first kappa shape index (κ1) is 42.6. The number of anilines is 6. The summed E-state index contributed by atoms with van der Waals surface area (Å²) in [4.78, 5) is 12.2. The molecule has 0 atom stereocenters. The molecule has 0 saturated carbocycles. The van der Waals surface area contributed by atoms with Gasteiger partial charge in [-0.15, -0.1) is 26.3 Å². The van der Waals surface area contributed by atoms with Crippen molar-refractivity contribution in [2.24, 2.45) is 0 Å². The molecule has 288 valence electrons. The molecule has 0 spiro atoms. The monoisotopic (exact) mass is 932 g/mol. The molecule has 5 rings (SSSR count). The normalized spacial score (nSPS) is 10.9. The third-order valence-corrected chi connectivity index (χ3v) is 8.17. The maximum absolute atomic E-state index is 13.7. The van der Waals surface area contributed by atoms with Crippen LogP contribution < -0.4 is 41.8 Å². The number of hydrogen-bond acceptors (Lipinski definition) is 6. The topological polar surface area (TPSA) is 122 Å². The van der Waals surface area contributed by atoms with Gasteiger partial charge in [-0.05, 0) is 153 Å². The second-order valence-electron chi connectivity index (χ2n) is 10.7. The minimum absolute atomic E-state index is 0.0714. The maximum atomic E-state index is 13.7. The van der Waals surface area contributed by atoms with Gasteiger partial charge >= 0.3 is 12.7 Å². The molecule has 0 aromatic heterocycles. The fraction of sp³-hybridized carbons (Fsp3) is 0.0571. The highest BCUT2D eigenvalue weighted by Crippen LogP contribution is 2.34. The number of rotatable bonds is 8. The van der Waals surface area contributed by atoms with E-state index in [4.69, 9.17) is 30.2 Å². The van der Waals surface area contributed by atoms with E-state index in [2.05, 4.69) is 67.9 Å². The van der Waals surface area contributed by atoms with Gasteiger partial charge < -0.3 is 41.8 Å². The number of carbonyl (C=O) groups is 1. The highest BCUT2D eigenvalue weighted by molar-refractivity contribution is 9.11. The van der Waals surface area contributed by atoms with Gasteiger partial charge in [-0.1, -0.05) is 12.1 Å². The molecule has 5 aromatic rings. The van der Waals surface area contributed by atoms with Crippen molar-refractivity contribution >= 4 is 107 Å². The predicted molar refractivity (Wildman–Crippen MR) is 213 cm³/mol. The minimum atomic E-state index is -4.80. The van der Waals surface area contributed by atoms with Crippen LogP contribution in [0.3, 0.4) is 0 Å². The van der Waals surface area contributed by atoms with E-state index in [-0.39, 0.29) is 36.2 Å². The lowest BCUT2D eigenvalue weighted by Crippen LogP contribution is -2.20. The number of alkyl halides is 6. The Hall–Kier alpha value is -5.18. The zero-order valence-electron chi connectivity index (χ0n) is 27.4. The molecular weight excluding hydrogens is 909 g/mol. The number of nitrogens with one attached hydrogen (secondary N) is 5. The highest BCUT2D eigenvalue weighted by atomic mass is 79.9. The van der Waals surface area contributed by atoms with E-state index >= 15 is 0 Å². The van der Waals surface area contributed by atoms with E-state index in [0.29, 0.717) is 28.4 Å². The number of halogens is 9. The van der Waals surface area contributed by atoms with Gasteiger partial charge in [0.2, 0.25) is 0 Å². The molecule has 9 nitrogen and oxygen atoms in total. The molecule has 5 aromatic carbocycles. The maximum Gasteiger partial charge on any atom is 0.573 e. The fourth-order valence-corrected chi connectivity index (χ4v) is 5.60. The van der Waals surface area contributed by atoms with Crippen LogP contribution in [0, 0.1) is 5.82 Å². The Morgan fingerprint density at radius 3 is 1.33 bits per heavy atom. The van der Waals surface area contributed by atoms with Gasteiger partial charge in [0.05, 0.1) is 14.5 Å². The highest BCUT2D eigenvalue weighted by Gasteiger charge is 2.32. The zero-order chi connectivity index (χ0) is 40.3. The third-order valence-electron chi connectivity index (χ3n) is 6.52. The van der Waals surface area contributed by atoms with Crippen molar-refractivity contribution in [2.45, 2.75) is 12.7 Å². The number of benzene rings is 5. The van der Waals surface area contributed by atoms with Crippen molar-refractivity contribution in [1.29, 1.82) is 0 Å². The summed E-state index contributed by atoms with van der Waals surface area (Å²) in [5, 5.41) is 14.6. The summed E-state index contributed by atoms with van der Waals surface area (Å²) < 4.78 is 95.3. The SMILES string of the molecule is Nc1ccc(NC(=S)Nc2ccc(OC(F)(F)F)c(Br)c2)cc1.O=C(Nc1ccc(NC(=S)Nc2ccc(OC(F)(F)F)c(Br)c2)cc1)c1ccccc1F. The van der Waals surface area contributed by atoms with Crippen LogP contribution in [0.5, 0.6) is 11.5 Å². The molecule has 0 saturated heterocycles. The van der Waals surface area contributed by atoms with Crippen LogP contribution in [0.2, 0.25) is 0 Å². The number of carbonyl (C=O) groups excluding carboxylic acids is 1. The Morgan fingerprint density at radius 2 is 0.927 bits per heavy atom. The van der Waals surface area contributed by atoms with Gasteiger partial charge in [-0.25, -0.2) is 4.39 Å². The molecule has 0 aliphatic heterocycles. The Labute approximate surface area is 336 Å². The van der Waals surface area contributed by atoms with E-state index in [1.807, 2.05) is 0 Å². The minimum Gasteiger partial charge on any atom is -0.405 e. The molecule has 7 N–H and O–H groups in total. The summed E-state index contributed by atoms with van der Waals surface area (Å²) in [5.74, 6) is -1.91. The first-order valence-electron chi connectivity index (χ1n) is 15.1. The number of nitrogen functional groups attached to an aromatic ring is 1. The Morgan fingerprint density at radius 1 is 0.564 bits per heavy atom. The Bertz CT molecular complexity index is 2140. The van der Waals surface area contributed by atoms with Gasteiger partial charge in [0.25, 0.3) is 5.91 Å². The number of amides is 1. The largest absolute Gasteiger partial charge is 0.573 e. The Balaban J connectivity index is 0.000000258. The van der Waals surface area contributed by atoms with E-state index in [1.165, 1.54) is 48.5 Å². The quantitative estimate of drug-likeness (QED) is 0.0510. The van der Waals surface area contributed by atoms with Crippen LogP contribution in [-0.4, -0.2) is 28.9 Å². The fourth-order valence-electron chi connectivity index (χ4n) is 4.21. The summed E-state index contributed by atoms with van der Waals surface area (Å²) >= 11 is 16.4. The van der Waals surface area contributed by atoms with Crippen molar-refractivity contribution in [1.82, 2.24) is 0 Å². The third kappa shape index (κ3) is 14.5. The first-order chi connectivity index (χ1) is 25.8. The van der Waals surface area contributed by atoms with E-state index in [1.54, 1.807) is 54.6 Å². The van der Waals surface area contributed by atoms with Crippen molar-refractivity contribution in [2.75, 3.05) is 32.3 Å². The van der Waals surface area contributed by atoms with Crippen LogP contribution >= 0.6 is 56.3 Å². The molecule has 0 fully saturated rings. The first-order valence-corrected chi connectivity index (χ1v) is 17.5. The zero-order valence-corrected chi connectivity index (χ0v) is 32.2. The van der Waals surface area contributed by atoms with Crippen molar-refractivity contribution in [3.63, 3.8) is 0 Å². The second kappa shape index (κ2) is 18.9. The number of thiocarbonyl (C=S) groups is 2. The van der Waals surface area contributed by atoms with E-state index < -0.39 is 24.4 Å². The smallest absolute Gasteiger partial charge is 0.405 e. The van der Waals surface area contributed by atoms with Crippen molar-refractivity contribution < 1.29 is 45.0 Å². The lowest BCUT2D eigenvalue weighted by atomic mass is 10.2.